The number of carbonyl (C=O) groups is 1. The zero-order valence-corrected chi connectivity index (χ0v) is 14.0. The molecule has 0 aliphatic carbocycles. The highest BCUT2D eigenvalue weighted by Gasteiger charge is 2.11. The maximum Gasteiger partial charge on any atom is 0.275 e. The fraction of sp³-hybridized carbons (Fsp3) is 0.158. The predicted octanol–water partition coefficient (Wildman–Crippen LogP) is 4.60. The topological polar surface area (TPSA) is 42.0 Å². The van der Waals surface area contributed by atoms with E-state index < -0.39 is 0 Å². The molecule has 0 fully saturated rings. The van der Waals surface area contributed by atoms with Crippen LogP contribution in [-0.4, -0.2) is 10.9 Å². The van der Waals surface area contributed by atoms with E-state index in [4.69, 9.17) is 0 Å². The van der Waals surface area contributed by atoms with Crippen LogP contribution in [0.5, 0.6) is 0 Å². The average molecular weight is 322 g/mol. The van der Waals surface area contributed by atoms with E-state index in [0.717, 1.165) is 22.7 Å². The number of aromatic nitrogens is 1. The van der Waals surface area contributed by atoms with Crippen molar-refractivity contribution in [1.29, 1.82) is 0 Å². The standard InChI is InChI=1S/C19H18N2OS/c1-13-8-9-16(10-14(13)2)20-19(22)17-12-23-18(21-17)11-15-6-4-3-5-7-15/h3-10,12H,11H2,1-2H3,(H,20,22). The molecule has 1 N–H and O–H groups in total. The van der Waals surface area contributed by atoms with E-state index in [-0.39, 0.29) is 5.91 Å². The molecule has 1 heterocycles. The maximum atomic E-state index is 12.3. The molecular formula is C19H18N2OS. The van der Waals surface area contributed by atoms with E-state index in [1.807, 2.05) is 48.7 Å². The lowest BCUT2D eigenvalue weighted by atomic mass is 10.1. The monoisotopic (exact) mass is 322 g/mol. The highest BCUT2D eigenvalue weighted by molar-refractivity contribution is 7.09. The summed E-state index contributed by atoms with van der Waals surface area (Å²) in [5.41, 5.74) is 4.84. The maximum absolute atomic E-state index is 12.3. The van der Waals surface area contributed by atoms with Crippen molar-refractivity contribution >= 4 is 22.9 Å². The molecule has 3 rings (SSSR count). The fourth-order valence-electron chi connectivity index (χ4n) is 2.28. The SMILES string of the molecule is Cc1ccc(NC(=O)c2csc(Cc3ccccc3)n2)cc1C. The first kappa shape index (κ1) is 15.4. The molecule has 116 valence electrons. The van der Waals surface area contributed by atoms with E-state index in [0.29, 0.717) is 5.69 Å². The molecule has 0 atom stereocenters. The molecule has 0 saturated heterocycles. The van der Waals surface area contributed by atoms with Crippen molar-refractivity contribution in [2.45, 2.75) is 20.3 Å². The number of anilines is 1. The van der Waals surface area contributed by atoms with Crippen molar-refractivity contribution in [3.63, 3.8) is 0 Å². The lowest BCUT2D eigenvalue weighted by Gasteiger charge is -2.06. The van der Waals surface area contributed by atoms with Crippen molar-refractivity contribution in [3.05, 3.63) is 81.3 Å². The second kappa shape index (κ2) is 6.75. The van der Waals surface area contributed by atoms with Gasteiger partial charge in [0.1, 0.15) is 5.69 Å². The molecule has 0 unspecified atom stereocenters. The summed E-state index contributed by atoms with van der Waals surface area (Å²) in [5.74, 6) is -0.163. The van der Waals surface area contributed by atoms with E-state index in [1.165, 1.54) is 22.5 Å². The third-order valence-electron chi connectivity index (χ3n) is 3.75. The number of hydrogen-bond acceptors (Lipinski definition) is 3. The molecule has 0 radical (unpaired) electrons. The lowest BCUT2D eigenvalue weighted by molar-refractivity contribution is 0.102. The third-order valence-corrected chi connectivity index (χ3v) is 4.60. The Kier molecular flexibility index (Phi) is 4.53. The first-order valence-electron chi connectivity index (χ1n) is 7.49. The van der Waals surface area contributed by atoms with Gasteiger partial charge in [-0.05, 0) is 42.7 Å². The van der Waals surface area contributed by atoms with E-state index in [9.17, 15) is 4.79 Å². The van der Waals surface area contributed by atoms with Crippen LogP contribution in [0.3, 0.4) is 0 Å². The van der Waals surface area contributed by atoms with E-state index in [2.05, 4.69) is 29.4 Å². The quantitative estimate of drug-likeness (QED) is 0.762. The minimum absolute atomic E-state index is 0.163. The predicted molar refractivity (Wildman–Crippen MR) is 95.2 cm³/mol. The minimum Gasteiger partial charge on any atom is -0.321 e. The molecule has 0 aliphatic rings. The molecule has 3 nitrogen and oxygen atoms in total. The van der Waals surface area contributed by atoms with Gasteiger partial charge in [0, 0.05) is 17.5 Å². The number of amides is 1. The summed E-state index contributed by atoms with van der Waals surface area (Å²) in [4.78, 5) is 16.8. The summed E-state index contributed by atoms with van der Waals surface area (Å²) in [7, 11) is 0. The van der Waals surface area contributed by atoms with E-state index in [1.54, 1.807) is 0 Å². The van der Waals surface area contributed by atoms with Gasteiger partial charge in [0.15, 0.2) is 0 Å². The van der Waals surface area contributed by atoms with Gasteiger partial charge in [-0.15, -0.1) is 11.3 Å². The van der Waals surface area contributed by atoms with Gasteiger partial charge in [-0.1, -0.05) is 36.4 Å². The van der Waals surface area contributed by atoms with Crippen LogP contribution in [0.2, 0.25) is 0 Å². The molecule has 1 amide bonds. The number of hydrogen-bond donors (Lipinski definition) is 1. The minimum atomic E-state index is -0.163. The Morgan fingerprint density at radius 2 is 1.87 bits per heavy atom. The zero-order chi connectivity index (χ0) is 16.2. The molecule has 1 aromatic heterocycles. The average Bonchev–Trinajstić information content (AvgIpc) is 3.00. The zero-order valence-electron chi connectivity index (χ0n) is 13.2. The van der Waals surface area contributed by atoms with Crippen LogP contribution < -0.4 is 5.32 Å². The largest absolute Gasteiger partial charge is 0.321 e. The summed E-state index contributed by atoms with van der Waals surface area (Å²) in [6, 6.07) is 16.0. The van der Waals surface area contributed by atoms with Crippen LogP contribution >= 0.6 is 11.3 Å². The number of aryl methyl sites for hydroxylation is 2. The Morgan fingerprint density at radius 1 is 1.09 bits per heavy atom. The normalized spacial score (nSPS) is 10.5. The van der Waals surface area contributed by atoms with Crippen LogP contribution in [0.15, 0.2) is 53.9 Å². The molecule has 23 heavy (non-hydrogen) atoms. The van der Waals surface area contributed by atoms with Crippen molar-refractivity contribution < 1.29 is 4.79 Å². The highest BCUT2D eigenvalue weighted by Crippen LogP contribution is 2.18. The summed E-state index contributed by atoms with van der Waals surface area (Å²) in [6.45, 7) is 4.09. The van der Waals surface area contributed by atoms with Crippen molar-refractivity contribution in [2.24, 2.45) is 0 Å². The molecule has 3 aromatic rings. The Bertz CT molecular complexity index is 824. The number of carbonyl (C=O) groups excluding carboxylic acids is 1. The third kappa shape index (κ3) is 3.85. The van der Waals surface area contributed by atoms with Crippen LogP contribution in [0.4, 0.5) is 5.69 Å². The van der Waals surface area contributed by atoms with Crippen LogP contribution in [-0.2, 0) is 6.42 Å². The number of rotatable bonds is 4. The smallest absolute Gasteiger partial charge is 0.275 e. The van der Waals surface area contributed by atoms with Gasteiger partial charge in [0.2, 0.25) is 0 Å². The summed E-state index contributed by atoms with van der Waals surface area (Å²) in [6.07, 6.45) is 0.752. The van der Waals surface area contributed by atoms with Crippen molar-refractivity contribution in [1.82, 2.24) is 4.98 Å². The number of nitrogens with zero attached hydrogens (tertiary/aromatic N) is 1. The summed E-state index contributed by atoms with van der Waals surface area (Å²) >= 11 is 1.52. The molecule has 0 saturated carbocycles. The Balaban J connectivity index is 1.69. The second-order valence-corrected chi connectivity index (χ2v) is 6.48. The fourth-order valence-corrected chi connectivity index (χ4v) is 3.09. The van der Waals surface area contributed by atoms with Gasteiger partial charge in [-0.2, -0.15) is 0 Å². The molecule has 2 aromatic carbocycles. The van der Waals surface area contributed by atoms with Gasteiger partial charge >= 0.3 is 0 Å². The van der Waals surface area contributed by atoms with Gasteiger partial charge in [-0.25, -0.2) is 4.98 Å². The highest BCUT2D eigenvalue weighted by atomic mass is 32.1. The Hall–Kier alpha value is -2.46. The first-order chi connectivity index (χ1) is 11.1. The Morgan fingerprint density at radius 3 is 2.61 bits per heavy atom. The number of benzene rings is 2. The van der Waals surface area contributed by atoms with Gasteiger partial charge in [0.05, 0.1) is 5.01 Å². The van der Waals surface area contributed by atoms with Crippen LogP contribution in [0.25, 0.3) is 0 Å². The van der Waals surface area contributed by atoms with Crippen molar-refractivity contribution in [3.8, 4) is 0 Å². The lowest BCUT2D eigenvalue weighted by Crippen LogP contribution is -2.12. The van der Waals surface area contributed by atoms with Gasteiger partial charge in [-0.3, -0.25) is 4.79 Å². The molecule has 4 heteroatoms. The van der Waals surface area contributed by atoms with Crippen molar-refractivity contribution in [2.75, 3.05) is 5.32 Å². The summed E-state index contributed by atoms with van der Waals surface area (Å²) in [5, 5.41) is 5.67. The molecule has 0 spiro atoms. The molecule has 0 aliphatic heterocycles. The second-order valence-electron chi connectivity index (χ2n) is 5.54. The Labute approximate surface area is 140 Å². The van der Waals surface area contributed by atoms with Gasteiger partial charge < -0.3 is 5.32 Å². The van der Waals surface area contributed by atoms with Crippen LogP contribution in [0.1, 0.15) is 32.2 Å². The van der Waals surface area contributed by atoms with Gasteiger partial charge in [0.25, 0.3) is 5.91 Å². The first-order valence-corrected chi connectivity index (χ1v) is 8.37. The summed E-state index contributed by atoms with van der Waals surface area (Å²) < 4.78 is 0. The van der Waals surface area contributed by atoms with Crippen LogP contribution in [0, 0.1) is 13.8 Å². The number of thiazole rings is 1. The van der Waals surface area contributed by atoms with E-state index >= 15 is 0 Å². The molecule has 0 bridgehead atoms. The number of nitrogens with one attached hydrogen (secondary N) is 1. The molecular weight excluding hydrogens is 304 g/mol.